The number of aryl methyl sites for hydroxylation is 1. The number of piperidine rings is 1. The predicted molar refractivity (Wildman–Crippen MR) is 130 cm³/mol. The minimum Gasteiger partial charge on any atom is -0.387 e. The molecule has 2 N–H and O–H groups in total. The summed E-state index contributed by atoms with van der Waals surface area (Å²) in [6, 6.07) is 16.6. The molecule has 4 aliphatic rings. The van der Waals surface area contributed by atoms with Crippen molar-refractivity contribution in [3.05, 3.63) is 70.3 Å². The van der Waals surface area contributed by atoms with Gasteiger partial charge in [0.1, 0.15) is 0 Å². The fraction of sp³-hybridized carbons (Fsp3) is 0.517. The molecule has 3 aliphatic carbocycles. The van der Waals surface area contributed by atoms with E-state index in [4.69, 9.17) is 0 Å². The van der Waals surface area contributed by atoms with Crippen LogP contribution in [-0.2, 0) is 23.2 Å². The summed E-state index contributed by atoms with van der Waals surface area (Å²) in [5.74, 6) is 0.569. The SMILES string of the molecule is Cc1ccc(CNC(=O)[C@H]2C[C@]34CCN(CC5CC5)[C@H](Cc5ccc(C#N)cc53)[C@]4(O)C2)cc1. The third-order valence-electron chi connectivity index (χ3n) is 9.11. The Balaban J connectivity index is 1.31. The molecule has 0 radical (unpaired) electrons. The maximum atomic E-state index is 13.4. The van der Waals surface area contributed by atoms with E-state index in [1.54, 1.807) is 0 Å². The van der Waals surface area contributed by atoms with Crippen molar-refractivity contribution in [1.82, 2.24) is 10.2 Å². The van der Waals surface area contributed by atoms with Crippen molar-refractivity contribution in [3.8, 4) is 6.07 Å². The van der Waals surface area contributed by atoms with Gasteiger partial charge in [0.2, 0.25) is 5.91 Å². The van der Waals surface area contributed by atoms with Crippen LogP contribution in [0.2, 0.25) is 0 Å². The van der Waals surface area contributed by atoms with Gasteiger partial charge in [0.15, 0.2) is 0 Å². The highest BCUT2D eigenvalue weighted by molar-refractivity contribution is 5.80. The van der Waals surface area contributed by atoms with E-state index in [1.807, 2.05) is 12.1 Å². The van der Waals surface area contributed by atoms with Crippen molar-refractivity contribution in [2.45, 2.75) is 69.1 Å². The van der Waals surface area contributed by atoms with Gasteiger partial charge in [0.05, 0.1) is 17.2 Å². The van der Waals surface area contributed by atoms with Crippen LogP contribution in [0.15, 0.2) is 42.5 Å². The average Bonchev–Trinajstić information content (AvgIpc) is 3.59. The molecule has 0 spiro atoms. The lowest BCUT2D eigenvalue weighted by atomic mass is 9.56. The van der Waals surface area contributed by atoms with Gasteiger partial charge in [-0.1, -0.05) is 35.9 Å². The molecule has 34 heavy (non-hydrogen) atoms. The van der Waals surface area contributed by atoms with Crippen LogP contribution in [0.25, 0.3) is 0 Å². The lowest BCUT2D eigenvalue weighted by molar-refractivity contribution is -0.134. The van der Waals surface area contributed by atoms with Crippen molar-refractivity contribution in [2.24, 2.45) is 11.8 Å². The van der Waals surface area contributed by atoms with Gasteiger partial charge in [-0.15, -0.1) is 0 Å². The number of hydrogen-bond donors (Lipinski definition) is 2. The van der Waals surface area contributed by atoms with Crippen molar-refractivity contribution < 1.29 is 9.90 Å². The second-order valence-corrected chi connectivity index (χ2v) is 11.2. The smallest absolute Gasteiger partial charge is 0.223 e. The molecule has 1 amide bonds. The molecule has 2 bridgehead atoms. The highest BCUT2D eigenvalue weighted by Gasteiger charge is 2.68. The van der Waals surface area contributed by atoms with Crippen molar-refractivity contribution >= 4 is 5.91 Å². The third-order valence-corrected chi connectivity index (χ3v) is 9.11. The van der Waals surface area contributed by atoms with Crippen LogP contribution < -0.4 is 5.32 Å². The summed E-state index contributed by atoms with van der Waals surface area (Å²) in [6.07, 6.45) is 5.37. The second kappa shape index (κ2) is 7.93. The Morgan fingerprint density at radius 1 is 1.21 bits per heavy atom. The molecule has 1 heterocycles. The Morgan fingerprint density at radius 3 is 2.74 bits per heavy atom. The molecule has 5 nitrogen and oxygen atoms in total. The molecular formula is C29H33N3O2. The number of fused-ring (bicyclic) bond motifs is 1. The number of carbonyl (C=O) groups excluding carboxylic acids is 1. The fourth-order valence-corrected chi connectivity index (χ4v) is 7.14. The van der Waals surface area contributed by atoms with Crippen molar-refractivity contribution in [2.75, 3.05) is 13.1 Å². The number of nitrogens with zero attached hydrogens (tertiary/aromatic N) is 2. The predicted octanol–water partition coefficient (Wildman–Crippen LogP) is 3.60. The zero-order valence-corrected chi connectivity index (χ0v) is 19.9. The highest BCUT2D eigenvalue weighted by atomic mass is 16.3. The van der Waals surface area contributed by atoms with E-state index in [0.717, 1.165) is 43.0 Å². The molecule has 2 aromatic carbocycles. The molecule has 2 saturated carbocycles. The summed E-state index contributed by atoms with van der Waals surface area (Å²) in [4.78, 5) is 15.9. The molecule has 5 heteroatoms. The number of hydrogen-bond acceptors (Lipinski definition) is 4. The Kier molecular flexibility index (Phi) is 5.09. The Morgan fingerprint density at radius 2 is 2.00 bits per heavy atom. The normalized spacial score (nSPS) is 31.9. The first-order chi connectivity index (χ1) is 16.4. The number of carbonyl (C=O) groups is 1. The van der Waals surface area contributed by atoms with Gasteiger partial charge in [0, 0.05) is 30.5 Å². The van der Waals surface area contributed by atoms with Gasteiger partial charge in [-0.3, -0.25) is 9.69 Å². The van der Waals surface area contributed by atoms with E-state index in [-0.39, 0.29) is 17.9 Å². The first-order valence-corrected chi connectivity index (χ1v) is 12.7. The Labute approximate surface area is 201 Å². The summed E-state index contributed by atoms with van der Waals surface area (Å²) >= 11 is 0. The monoisotopic (exact) mass is 455 g/mol. The molecule has 1 saturated heterocycles. The summed E-state index contributed by atoms with van der Waals surface area (Å²) in [6.45, 7) is 4.58. The number of aliphatic hydroxyl groups is 1. The van der Waals surface area contributed by atoms with Crippen LogP contribution >= 0.6 is 0 Å². The third kappa shape index (κ3) is 3.39. The van der Waals surface area contributed by atoms with Gasteiger partial charge in [0.25, 0.3) is 0 Å². The van der Waals surface area contributed by atoms with E-state index in [0.29, 0.717) is 24.9 Å². The van der Waals surface area contributed by atoms with Gasteiger partial charge in [-0.05, 0) is 86.7 Å². The highest BCUT2D eigenvalue weighted by Crippen LogP contribution is 2.61. The fourth-order valence-electron chi connectivity index (χ4n) is 7.14. The van der Waals surface area contributed by atoms with E-state index in [1.165, 1.54) is 24.0 Å². The number of likely N-dealkylation sites (tertiary alicyclic amines) is 1. The Bertz CT molecular complexity index is 1160. The summed E-state index contributed by atoms with van der Waals surface area (Å²) in [5, 5.41) is 25.1. The number of nitriles is 1. The van der Waals surface area contributed by atoms with Gasteiger partial charge >= 0.3 is 0 Å². The van der Waals surface area contributed by atoms with E-state index >= 15 is 0 Å². The van der Waals surface area contributed by atoms with Crippen LogP contribution in [0.1, 0.15) is 59.9 Å². The molecule has 3 fully saturated rings. The van der Waals surface area contributed by atoms with E-state index < -0.39 is 11.0 Å². The number of nitrogens with one attached hydrogen (secondary N) is 1. The summed E-state index contributed by atoms with van der Waals surface area (Å²) in [7, 11) is 0. The molecule has 0 aromatic heterocycles. The van der Waals surface area contributed by atoms with Crippen LogP contribution in [0, 0.1) is 30.1 Å². The zero-order chi connectivity index (χ0) is 23.5. The molecule has 1 aliphatic heterocycles. The number of rotatable bonds is 5. The molecular weight excluding hydrogens is 422 g/mol. The first kappa shape index (κ1) is 21.8. The lowest BCUT2D eigenvalue weighted by Gasteiger charge is -2.59. The topological polar surface area (TPSA) is 76.4 Å². The maximum Gasteiger partial charge on any atom is 0.223 e. The minimum absolute atomic E-state index is 0.0372. The van der Waals surface area contributed by atoms with Crippen LogP contribution in [0.4, 0.5) is 0 Å². The second-order valence-electron chi connectivity index (χ2n) is 11.2. The van der Waals surface area contributed by atoms with E-state index in [2.05, 4.69) is 53.5 Å². The molecule has 0 unspecified atom stereocenters. The first-order valence-electron chi connectivity index (χ1n) is 12.7. The number of benzene rings is 2. The average molecular weight is 456 g/mol. The van der Waals surface area contributed by atoms with Crippen LogP contribution in [0.5, 0.6) is 0 Å². The van der Waals surface area contributed by atoms with Gasteiger partial charge in [-0.2, -0.15) is 5.26 Å². The maximum absolute atomic E-state index is 13.4. The zero-order valence-electron chi connectivity index (χ0n) is 19.9. The molecule has 4 atom stereocenters. The molecule has 6 rings (SSSR count). The van der Waals surface area contributed by atoms with E-state index in [9.17, 15) is 15.2 Å². The number of amides is 1. The Hall–Kier alpha value is -2.68. The minimum atomic E-state index is -0.937. The van der Waals surface area contributed by atoms with Crippen molar-refractivity contribution in [3.63, 3.8) is 0 Å². The van der Waals surface area contributed by atoms with Crippen LogP contribution in [-0.4, -0.2) is 40.6 Å². The summed E-state index contributed by atoms with van der Waals surface area (Å²) in [5.41, 5.74) is 3.90. The largest absolute Gasteiger partial charge is 0.387 e. The van der Waals surface area contributed by atoms with Gasteiger partial charge in [-0.25, -0.2) is 0 Å². The summed E-state index contributed by atoms with van der Waals surface area (Å²) < 4.78 is 0. The molecule has 176 valence electrons. The van der Waals surface area contributed by atoms with Gasteiger partial charge < -0.3 is 10.4 Å². The lowest BCUT2D eigenvalue weighted by Crippen LogP contribution is -2.69. The standard InChI is InChI=1S/C29H33N3O2/c1-19-2-4-20(5-3-19)17-31-27(33)24-14-28-10-11-32(18-21-6-7-21)26(29(28,34)15-24)13-23-9-8-22(16-30)12-25(23)28/h2-5,8-9,12,21,24,26,34H,6-7,10-11,13-15,17-18H2,1H3,(H,31,33)/t24-,26+,28+,29+/m0/s1. The molecule has 2 aromatic rings. The quantitative estimate of drug-likeness (QED) is 0.722. The van der Waals surface area contributed by atoms with Crippen LogP contribution in [0.3, 0.4) is 0 Å². The van der Waals surface area contributed by atoms with Crippen molar-refractivity contribution in [1.29, 1.82) is 5.26 Å².